The van der Waals surface area contributed by atoms with Gasteiger partial charge in [0, 0.05) is 12.1 Å². The van der Waals surface area contributed by atoms with E-state index < -0.39 is 44.0 Å². The molecule has 106 valence electrons. The third-order valence-electron chi connectivity index (χ3n) is 2.28. The molecule has 0 spiro atoms. The van der Waals surface area contributed by atoms with E-state index in [2.05, 4.69) is 4.18 Å². The molecule has 0 aromatic heterocycles. The first-order valence-corrected chi connectivity index (χ1v) is 6.55. The molecule has 0 fully saturated rings. The quantitative estimate of drug-likeness (QED) is 0.497. The summed E-state index contributed by atoms with van der Waals surface area (Å²) in [6.45, 7) is 0. The van der Waals surface area contributed by atoms with Crippen LogP contribution in [0.5, 0.6) is 5.75 Å². The van der Waals surface area contributed by atoms with E-state index in [1.807, 2.05) is 0 Å². The van der Waals surface area contributed by atoms with Crippen molar-refractivity contribution in [1.29, 1.82) is 0 Å². The van der Waals surface area contributed by atoms with Gasteiger partial charge < -0.3 is 4.18 Å². The largest absolute Gasteiger partial charge is 0.376 e. The van der Waals surface area contributed by atoms with Gasteiger partial charge >= 0.3 is 10.1 Å². The second kappa shape index (κ2) is 5.12. The van der Waals surface area contributed by atoms with Crippen LogP contribution in [-0.4, -0.2) is 8.42 Å². The first-order valence-electron chi connectivity index (χ1n) is 5.15. The first kappa shape index (κ1) is 14.3. The van der Waals surface area contributed by atoms with Gasteiger partial charge in [0.05, 0.1) is 0 Å². The lowest BCUT2D eigenvalue weighted by molar-refractivity contribution is 0.446. The van der Waals surface area contributed by atoms with Crippen molar-refractivity contribution < 1.29 is 30.2 Å². The number of hydrogen-bond donors (Lipinski definition) is 0. The molecular weight excluding hydrogens is 300 g/mol. The van der Waals surface area contributed by atoms with Gasteiger partial charge in [0.2, 0.25) is 0 Å². The molecule has 0 saturated carbocycles. The van der Waals surface area contributed by atoms with E-state index in [4.69, 9.17) is 0 Å². The first-order chi connectivity index (χ1) is 9.31. The zero-order chi connectivity index (χ0) is 14.9. The van der Waals surface area contributed by atoms with Crippen LogP contribution in [0.2, 0.25) is 0 Å². The second-order valence-corrected chi connectivity index (χ2v) is 5.18. The Bertz CT molecular complexity index is 759. The minimum atomic E-state index is -4.83. The number of hydrogen-bond acceptors (Lipinski definition) is 3. The van der Waals surface area contributed by atoms with Gasteiger partial charge in [0.15, 0.2) is 23.2 Å². The molecule has 0 amide bonds. The van der Waals surface area contributed by atoms with Crippen LogP contribution in [0.1, 0.15) is 0 Å². The normalized spacial score (nSPS) is 11.4. The maximum atomic E-state index is 13.4. The summed E-state index contributed by atoms with van der Waals surface area (Å²) in [5.74, 6) is -6.34. The average Bonchev–Trinajstić information content (AvgIpc) is 2.36. The van der Waals surface area contributed by atoms with Gasteiger partial charge in [-0.05, 0) is 12.1 Å². The van der Waals surface area contributed by atoms with Gasteiger partial charge in [0.1, 0.15) is 10.7 Å². The van der Waals surface area contributed by atoms with Crippen molar-refractivity contribution in [2.75, 3.05) is 0 Å². The monoisotopic (exact) mass is 306 g/mol. The summed E-state index contributed by atoms with van der Waals surface area (Å²) in [6, 6.07) is 4.67. The zero-order valence-corrected chi connectivity index (χ0v) is 10.4. The minimum absolute atomic E-state index is 0.0624. The predicted octanol–water partition coefficient (Wildman–Crippen LogP) is 3.01. The highest BCUT2D eigenvalue weighted by atomic mass is 32.2. The zero-order valence-electron chi connectivity index (χ0n) is 9.61. The number of rotatable bonds is 3. The van der Waals surface area contributed by atoms with Gasteiger partial charge in [-0.3, -0.25) is 0 Å². The molecule has 0 aliphatic heterocycles. The lowest BCUT2D eigenvalue weighted by atomic mass is 10.3. The molecule has 0 aliphatic rings. The molecule has 0 aliphatic carbocycles. The summed E-state index contributed by atoms with van der Waals surface area (Å²) in [6.07, 6.45) is 0. The molecular formula is C12H6F4O3S. The van der Waals surface area contributed by atoms with Crippen molar-refractivity contribution >= 4 is 10.1 Å². The SMILES string of the molecule is O=S(=O)(Oc1ccccc1F)c1cc(F)c(F)cc1F. The van der Waals surface area contributed by atoms with Crippen LogP contribution < -0.4 is 4.18 Å². The van der Waals surface area contributed by atoms with Crippen LogP contribution in [-0.2, 0) is 10.1 Å². The van der Waals surface area contributed by atoms with Gasteiger partial charge in [0.25, 0.3) is 0 Å². The Hall–Kier alpha value is -2.09. The number of para-hydroxylation sites is 1. The van der Waals surface area contributed by atoms with Crippen LogP contribution >= 0.6 is 0 Å². The smallest absolute Gasteiger partial charge is 0.342 e. The maximum Gasteiger partial charge on any atom is 0.342 e. The van der Waals surface area contributed by atoms with Crippen LogP contribution in [0.3, 0.4) is 0 Å². The van der Waals surface area contributed by atoms with E-state index in [1.165, 1.54) is 12.1 Å². The molecule has 0 bridgehead atoms. The number of halogens is 4. The number of benzene rings is 2. The van der Waals surface area contributed by atoms with E-state index in [-0.39, 0.29) is 12.1 Å². The second-order valence-electron chi connectivity index (χ2n) is 3.66. The van der Waals surface area contributed by atoms with Crippen molar-refractivity contribution in [3.05, 3.63) is 59.7 Å². The molecule has 20 heavy (non-hydrogen) atoms. The minimum Gasteiger partial charge on any atom is -0.376 e. The Labute approximate surface area is 111 Å². The third kappa shape index (κ3) is 2.74. The van der Waals surface area contributed by atoms with E-state index in [0.29, 0.717) is 0 Å². The van der Waals surface area contributed by atoms with Gasteiger partial charge in [-0.15, -0.1) is 0 Å². The van der Waals surface area contributed by atoms with Crippen LogP contribution in [0, 0.1) is 23.3 Å². The van der Waals surface area contributed by atoms with Crippen molar-refractivity contribution in [2.45, 2.75) is 4.90 Å². The Morgan fingerprint density at radius 2 is 1.40 bits per heavy atom. The molecule has 0 unspecified atom stereocenters. The van der Waals surface area contributed by atoms with Gasteiger partial charge in [-0.2, -0.15) is 8.42 Å². The van der Waals surface area contributed by atoms with Gasteiger partial charge in [-0.25, -0.2) is 17.6 Å². The van der Waals surface area contributed by atoms with Gasteiger partial charge in [-0.1, -0.05) is 12.1 Å². The lowest BCUT2D eigenvalue weighted by Gasteiger charge is -2.08. The molecule has 0 radical (unpaired) electrons. The summed E-state index contributed by atoms with van der Waals surface area (Å²) in [5, 5.41) is 0. The molecule has 0 N–H and O–H groups in total. The molecule has 8 heteroatoms. The summed E-state index contributed by atoms with van der Waals surface area (Å²) in [7, 11) is -4.83. The molecule has 2 aromatic rings. The molecule has 0 atom stereocenters. The molecule has 0 heterocycles. The van der Waals surface area contributed by atoms with E-state index >= 15 is 0 Å². The van der Waals surface area contributed by atoms with E-state index in [0.717, 1.165) is 12.1 Å². The predicted molar refractivity (Wildman–Crippen MR) is 60.5 cm³/mol. The standard InChI is InChI=1S/C12H6F4O3S/c13-7-3-1-2-4-11(7)19-20(17,18)12-6-9(15)8(14)5-10(12)16/h1-6H. The Morgan fingerprint density at radius 3 is 2.05 bits per heavy atom. The fourth-order valence-corrected chi connectivity index (χ4v) is 2.38. The van der Waals surface area contributed by atoms with Crippen molar-refractivity contribution in [3.8, 4) is 5.75 Å². The van der Waals surface area contributed by atoms with Crippen molar-refractivity contribution in [1.82, 2.24) is 0 Å². The van der Waals surface area contributed by atoms with Crippen molar-refractivity contribution in [2.24, 2.45) is 0 Å². The Morgan fingerprint density at radius 1 is 0.800 bits per heavy atom. The highest BCUT2D eigenvalue weighted by molar-refractivity contribution is 7.87. The fraction of sp³-hybridized carbons (Fsp3) is 0. The molecule has 3 nitrogen and oxygen atoms in total. The molecule has 2 aromatic carbocycles. The van der Waals surface area contributed by atoms with E-state index in [9.17, 15) is 26.0 Å². The topological polar surface area (TPSA) is 43.4 Å². The van der Waals surface area contributed by atoms with Crippen LogP contribution in [0.15, 0.2) is 41.3 Å². The lowest BCUT2D eigenvalue weighted by Crippen LogP contribution is -2.13. The van der Waals surface area contributed by atoms with Crippen LogP contribution in [0.4, 0.5) is 17.6 Å². The summed E-state index contributed by atoms with van der Waals surface area (Å²) < 4.78 is 80.1. The Kier molecular flexibility index (Phi) is 3.67. The maximum absolute atomic E-state index is 13.4. The van der Waals surface area contributed by atoms with Crippen molar-refractivity contribution in [3.63, 3.8) is 0 Å². The summed E-state index contributed by atoms with van der Waals surface area (Å²) in [4.78, 5) is -1.22. The van der Waals surface area contributed by atoms with E-state index in [1.54, 1.807) is 0 Å². The van der Waals surface area contributed by atoms with Crippen LogP contribution in [0.25, 0.3) is 0 Å². The summed E-state index contributed by atoms with van der Waals surface area (Å²) >= 11 is 0. The molecule has 2 rings (SSSR count). The molecule has 0 saturated heterocycles. The Balaban J connectivity index is 2.47. The average molecular weight is 306 g/mol. The summed E-state index contributed by atoms with van der Waals surface area (Å²) in [5.41, 5.74) is 0. The fourth-order valence-electron chi connectivity index (χ4n) is 1.37. The highest BCUT2D eigenvalue weighted by Gasteiger charge is 2.25. The third-order valence-corrected chi connectivity index (χ3v) is 3.53. The highest BCUT2D eigenvalue weighted by Crippen LogP contribution is 2.24.